The van der Waals surface area contributed by atoms with Crippen molar-refractivity contribution < 1.29 is 0 Å². The first-order valence-corrected chi connectivity index (χ1v) is 10.3. The molecule has 0 radical (unpaired) electrons. The summed E-state index contributed by atoms with van der Waals surface area (Å²) in [5.41, 5.74) is 9.67. The van der Waals surface area contributed by atoms with Crippen LogP contribution >= 0.6 is 48.0 Å². The number of benzene rings is 1. The lowest BCUT2D eigenvalue weighted by Crippen LogP contribution is -2.33. The Morgan fingerprint density at radius 1 is 1.07 bits per heavy atom. The molecule has 11 heteroatoms. The fourth-order valence-electron chi connectivity index (χ4n) is 4.12. The van der Waals surface area contributed by atoms with Crippen LogP contribution in [0.1, 0.15) is 31.2 Å². The number of H-pyrrole nitrogens is 1. The van der Waals surface area contributed by atoms with Crippen molar-refractivity contribution in [2.75, 3.05) is 16.8 Å². The lowest BCUT2D eigenvalue weighted by molar-refractivity contribution is 0.410. The summed E-state index contributed by atoms with van der Waals surface area (Å²) in [6, 6.07) is 4.49. The first kappa shape index (κ1) is 23.2. The molecule has 30 heavy (non-hydrogen) atoms. The lowest BCUT2D eigenvalue weighted by atomic mass is 9.92. The van der Waals surface area contributed by atoms with Crippen molar-refractivity contribution in [2.45, 2.75) is 44.2 Å². The van der Waals surface area contributed by atoms with Gasteiger partial charge in [0.2, 0.25) is 5.95 Å². The quantitative estimate of drug-likeness (QED) is 0.484. The van der Waals surface area contributed by atoms with Crippen LogP contribution in [-0.2, 0) is 6.42 Å². The van der Waals surface area contributed by atoms with E-state index in [4.69, 9.17) is 33.9 Å². The topological polar surface area (TPSA) is 95.7 Å². The molecule has 1 aliphatic heterocycles. The van der Waals surface area contributed by atoms with Crippen molar-refractivity contribution >= 4 is 76.6 Å². The number of nitrogens with zero attached hydrogens (tertiary/aromatic N) is 4. The van der Waals surface area contributed by atoms with E-state index in [0.717, 1.165) is 61.2 Å². The first-order valence-electron chi connectivity index (χ1n) is 9.57. The molecule has 1 saturated carbocycles. The fourth-order valence-corrected chi connectivity index (χ4v) is 4.47. The minimum atomic E-state index is 0. The number of rotatable bonds is 3. The van der Waals surface area contributed by atoms with Gasteiger partial charge in [-0.1, -0.05) is 23.2 Å². The average molecular weight is 491 g/mol. The van der Waals surface area contributed by atoms with E-state index >= 15 is 0 Å². The monoisotopic (exact) mass is 489 g/mol. The second-order valence-electron chi connectivity index (χ2n) is 7.52. The summed E-state index contributed by atoms with van der Waals surface area (Å²) in [6.07, 6.45) is 6.64. The van der Waals surface area contributed by atoms with Gasteiger partial charge in [-0.2, -0.15) is 9.97 Å². The van der Waals surface area contributed by atoms with Gasteiger partial charge in [0.1, 0.15) is 0 Å². The maximum absolute atomic E-state index is 6.28. The van der Waals surface area contributed by atoms with Crippen molar-refractivity contribution in [3.63, 3.8) is 0 Å². The zero-order valence-electron chi connectivity index (χ0n) is 16.1. The molecule has 2 aliphatic rings. The molecular weight excluding hydrogens is 468 g/mol. The van der Waals surface area contributed by atoms with Gasteiger partial charge in [0.25, 0.3) is 0 Å². The Balaban J connectivity index is 0.00000128. The molecule has 0 atom stereocenters. The van der Waals surface area contributed by atoms with Crippen LogP contribution in [0.25, 0.3) is 11.2 Å². The minimum absolute atomic E-state index is 0. The molecule has 1 aliphatic carbocycles. The van der Waals surface area contributed by atoms with Crippen LogP contribution in [0.4, 0.5) is 17.5 Å². The third-order valence-corrected chi connectivity index (χ3v) is 6.36. The zero-order valence-corrected chi connectivity index (χ0v) is 19.2. The van der Waals surface area contributed by atoms with E-state index in [1.165, 1.54) is 0 Å². The highest BCUT2D eigenvalue weighted by atomic mass is 35.5. The summed E-state index contributed by atoms with van der Waals surface area (Å²) < 4.78 is 0. The number of aromatic amines is 1. The van der Waals surface area contributed by atoms with Crippen LogP contribution in [0.15, 0.2) is 18.5 Å². The second-order valence-corrected chi connectivity index (χ2v) is 8.34. The number of nitrogens with one attached hydrogen (secondary N) is 2. The molecule has 2 aromatic heterocycles. The molecule has 0 amide bonds. The number of hydrogen-bond donors (Lipinski definition) is 3. The van der Waals surface area contributed by atoms with Crippen molar-refractivity contribution in [3.05, 3.63) is 34.1 Å². The molecular formula is C19H23Cl4N7. The van der Waals surface area contributed by atoms with Crippen LogP contribution in [0.2, 0.25) is 10.0 Å². The Bertz CT molecular complexity index is 1030. The highest BCUT2D eigenvalue weighted by Crippen LogP contribution is 2.40. The molecule has 4 N–H and O–H groups in total. The predicted molar refractivity (Wildman–Crippen MR) is 127 cm³/mol. The van der Waals surface area contributed by atoms with Crippen molar-refractivity contribution in [1.82, 2.24) is 19.9 Å². The van der Waals surface area contributed by atoms with Crippen molar-refractivity contribution in [2.24, 2.45) is 5.73 Å². The third kappa shape index (κ3) is 4.27. The van der Waals surface area contributed by atoms with E-state index in [1.54, 1.807) is 6.33 Å². The van der Waals surface area contributed by atoms with Gasteiger partial charge in [0, 0.05) is 24.3 Å². The molecule has 1 fully saturated rings. The van der Waals surface area contributed by atoms with Crippen LogP contribution < -0.4 is 16.0 Å². The van der Waals surface area contributed by atoms with Crippen molar-refractivity contribution in [1.29, 1.82) is 0 Å². The number of aromatic nitrogens is 4. The van der Waals surface area contributed by atoms with E-state index in [9.17, 15) is 0 Å². The Morgan fingerprint density at radius 2 is 1.80 bits per heavy atom. The van der Waals surface area contributed by atoms with Gasteiger partial charge in [0.15, 0.2) is 17.0 Å². The van der Waals surface area contributed by atoms with Crippen LogP contribution in [0.3, 0.4) is 0 Å². The minimum Gasteiger partial charge on any atom is -0.351 e. The van der Waals surface area contributed by atoms with Gasteiger partial charge in [-0.15, -0.1) is 24.8 Å². The summed E-state index contributed by atoms with van der Waals surface area (Å²) in [5.74, 6) is 1.39. The van der Waals surface area contributed by atoms with Crippen LogP contribution in [-0.4, -0.2) is 38.6 Å². The highest BCUT2D eigenvalue weighted by molar-refractivity contribution is 6.42. The number of anilines is 3. The molecule has 0 bridgehead atoms. The first-order chi connectivity index (χ1) is 13.6. The van der Waals surface area contributed by atoms with Crippen LogP contribution in [0.5, 0.6) is 0 Å². The molecule has 0 saturated heterocycles. The molecule has 162 valence electrons. The summed E-state index contributed by atoms with van der Waals surface area (Å²) in [7, 11) is 0. The summed E-state index contributed by atoms with van der Waals surface area (Å²) in [5, 5.41) is 4.61. The Labute approximate surface area is 197 Å². The molecule has 7 nitrogen and oxygen atoms in total. The summed E-state index contributed by atoms with van der Waals surface area (Å²) in [6.45, 7) is 0.794. The molecule has 3 aromatic rings. The largest absolute Gasteiger partial charge is 0.351 e. The molecule has 5 rings (SSSR count). The third-order valence-electron chi connectivity index (χ3n) is 5.64. The SMILES string of the molecule is Cl.Cl.N[C@H]1CC[C@H](Nc2nc(N3CCc4cc(Cl)c(Cl)cc43)c3nc[nH]c3n2)CC1. The molecule has 0 spiro atoms. The van der Waals surface area contributed by atoms with Gasteiger partial charge >= 0.3 is 0 Å². The summed E-state index contributed by atoms with van der Waals surface area (Å²) >= 11 is 12.5. The van der Waals surface area contributed by atoms with Gasteiger partial charge < -0.3 is 20.9 Å². The van der Waals surface area contributed by atoms with E-state index < -0.39 is 0 Å². The maximum atomic E-state index is 6.28. The van der Waals surface area contributed by atoms with Crippen LogP contribution in [0, 0.1) is 0 Å². The van der Waals surface area contributed by atoms with Gasteiger partial charge in [-0.05, 0) is 49.8 Å². The number of hydrogen-bond acceptors (Lipinski definition) is 6. The van der Waals surface area contributed by atoms with Crippen molar-refractivity contribution in [3.8, 4) is 0 Å². The van der Waals surface area contributed by atoms with E-state index in [-0.39, 0.29) is 24.8 Å². The Hall–Kier alpha value is -1.51. The second kappa shape index (κ2) is 9.32. The summed E-state index contributed by atoms with van der Waals surface area (Å²) in [4.78, 5) is 19.2. The normalized spacial score (nSPS) is 20.4. The van der Waals surface area contributed by atoms with Gasteiger partial charge in [-0.25, -0.2) is 4.98 Å². The molecule has 1 aromatic carbocycles. The predicted octanol–water partition coefficient (Wildman–Crippen LogP) is 4.88. The number of imidazole rings is 1. The average Bonchev–Trinajstić information content (AvgIpc) is 3.30. The maximum Gasteiger partial charge on any atom is 0.227 e. The number of nitrogens with two attached hydrogens (primary N) is 1. The van der Waals surface area contributed by atoms with E-state index in [0.29, 0.717) is 33.7 Å². The fraction of sp³-hybridized carbons (Fsp3) is 0.421. The van der Waals surface area contributed by atoms with E-state index in [2.05, 4.69) is 25.2 Å². The zero-order chi connectivity index (χ0) is 19.3. The lowest BCUT2D eigenvalue weighted by Gasteiger charge is -2.27. The number of halogens is 4. The Kier molecular flexibility index (Phi) is 7.20. The standard InChI is InChI=1S/C19H21Cl2N7.2ClH/c20-13-7-10-5-6-28(15(10)8-14(13)21)18-16-17(24-9-23-16)26-19(27-18)25-12-3-1-11(22)2-4-12;;/h7-9,11-12H,1-6,22H2,(H2,23,24,25,26,27);2*1H/t11-,12-;;. The molecule has 0 unspecified atom stereocenters. The van der Waals surface area contributed by atoms with Gasteiger partial charge in [-0.3, -0.25) is 0 Å². The Morgan fingerprint density at radius 3 is 2.57 bits per heavy atom. The number of fused-ring (bicyclic) bond motifs is 2. The van der Waals surface area contributed by atoms with Gasteiger partial charge in [0.05, 0.1) is 16.4 Å². The smallest absolute Gasteiger partial charge is 0.227 e. The molecule has 3 heterocycles. The van der Waals surface area contributed by atoms with E-state index in [1.807, 2.05) is 12.1 Å². The highest BCUT2D eigenvalue weighted by Gasteiger charge is 2.27.